The van der Waals surface area contributed by atoms with Crippen molar-refractivity contribution in [1.29, 1.82) is 0 Å². The van der Waals surface area contributed by atoms with Gasteiger partial charge in [-0.2, -0.15) is 0 Å². The summed E-state index contributed by atoms with van der Waals surface area (Å²) in [7, 11) is 0. The number of rotatable bonds is 4. The molecule has 0 heterocycles. The fourth-order valence-electron chi connectivity index (χ4n) is 0.670. The van der Waals surface area contributed by atoms with E-state index in [1.807, 2.05) is 13.8 Å². The minimum Gasteiger partial charge on any atom is -0.321 e. The van der Waals surface area contributed by atoms with Crippen LogP contribution in [0.4, 0.5) is 0 Å². The Kier molecular flexibility index (Phi) is 3.96. The molecular weight excluding hydrogens is 126 g/mol. The summed E-state index contributed by atoms with van der Waals surface area (Å²) in [6, 6.07) is -0.359. The first-order valence-corrected chi connectivity index (χ1v) is 3.55. The highest BCUT2D eigenvalue weighted by atomic mass is 16.1. The van der Waals surface area contributed by atoms with Crippen LogP contribution in [0.25, 0.3) is 0 Å². The van der Waals surface area contributed by atoms with Gasteiger partial charge in [0.05, 0.1) is 6.04 Å². The van der Waals surface area contributed by atoms with Gasteiger partial charge in [0.1, 0.15) is 0 Å². The first-order valence-electron chi connectivity index (χ1n) is 3.55. The Hall–Kier alpha value is -0.630. The highest BCUT2D eigenvalue weighted by Crippen LogP contribution is 2.05. The molecule has 0 aliphatic carbocycles. The molecule has 0 amide bonds. The van der Waals surface area contributed by atoms with Crippen molar-refractivity contribution in [2.75, 3.05) is 0 Å². The zero-order valence-corrected chi connectivity index (χ0v) is 6.63. The molecule has 2 heteroatoms. The van der Waals surface area contributed by atoms with Crippen LogP contribution in [0.2, 0.25) is 0 Å². The summed E-state index contributed by atoms with van der Waals surface area (Å²) in [4.78, 5) is 10.9. The Morgan fingerprint density at radius 3 is 2.60 bits per heavy atom. The zero-order valence-electron chi connectivity index (χ0n) is 6.63. The second-order valence-electron chi connectivity index (χ2n) is 2.52. The summed E-state index contributed by atoms with van der Waals surface area (Å²) in [6.45, 7) is 7.35. The van der Waals surface area contributed by atoms with E-state index in [-0.39, 0.29) is 17.7 Å². The van der Waals surface area contributed by atoms with E-state index in [1.165, 1.54) is 6.08 Å². The van der Waals surface area contributed by atoms with Crippen LogP contribution >= 0.6 is 0 Å². The second-order valence-corrected chi connectivity index (χ2v) is 2.52. The van der Waals surface area contributed by atoms with Crippen LogP contribution in [0.1, 0.15) is 20.3 Å². The summed E-state index contributed by atoms with van der Waals surface area (Å²) < 4.78 is 0. The lowest BCUT2D eigenvalue weighted by Crippen LogP contribution is -2.35. The van der Waals surface area contributed by atoms with Crippen molar-refractivity contribution in [3.63, 3.8) is 0 Å². The van der Waals surface area contributed by atoms with Gasteiger partial charge in [0.2, 0.25) is 0 Å². The van der Waals surface area contributed by atoms with E-state index in [2.05, 4.69) is 6.58 Å². The quantitative estimate of drug-likeness (QED) is 0.596. The molecule has 0 spiro atoms. The minimum atomic E-state index is -0.359. The molecule has 0 aliphatic rings. The minimum absolute atomic E-state index is 0.0608. The molecular formula is C8H15NO. The van der Waals surface area contributed by atoms with Gasteiger partial charge < -0.3 is 5.73 Å². The monoisotopic (exact) mass is 141 g/mol. The maximum atomic E-state index is 10.9. The largest absolute Gasteiger partial charge is 0.321 e. The van der Waals surface area contributed by atoms with E-state index < -0.39 is 0 Å². The molecule has 1 unspecified atom stereocenters. The van der Waals surface area contributed by atoms with Crippen LogP contribution in [-0.4, -0.2) is 11.8 Å². The van der Waals surface area contributed by atoms with Gasteiger partial charge in [-0.05, 0) is 12.0 Å². The summed E-state index contributed by atoms with van der Waals surface area (Å²) in [5, 5.41) is 0. The summed E-state index contributed by atoms with van der Waals surface area (Å²) in [6.07, 6.45) is 2.22. The molecule has 0 saturated heterocycles. The molecule has 2 atom stereocenters. The Morgan fingerprint density at radius 1 is 1.80 bits per heavy atom. The molecule has 0 bridgehead atoms. The van der Waals surface area contributed by atoms with Crippen molar-refractivity contribution in [3.8, 4) is 0 Å². The molecule has 0 rings (SSSR count). The molecule has 0 aromatic rings. The predicted molar refractivity (Wildman–Crippen MR) is 42.6 cm³/mol. The van der Waals surface area contributed by atoms with Crippen LogP contribution in [0, 0.1) is 5.92 Å². The van der Waals surface area contributed by atoms with Gasteiger partial charge in [-0.25, -0.2) is 0 Å². The summed E-state index contributed by atoms with van der Waals surface area (Å²) >= 11 is 0. The molecule has 0 fully saturated rings. The van der Waals surface area contributed by atoms with E-state index in [0.717, 1.165) is 6.42 Å². The van der Waals surface area contributed by atoms with Gasteiger partial charge in [0.25, 0.3) is 0 Å². The lowest BCUT2D eigenvalue weighted by atomic mass is 9.96. The first-order chi connectivity index (χ1) is 4.63. The van der Waals surface area contributed by atoms with E-state index in [4.69, 9.17) is 5.73 Å². The average Bonchev–Trinajstić information content (AvgIpc) is 2.00. The van der Waals surface area contributed by atoms with E-state index >= 15 is 0 Å². The topological polar surface area (TPSA) is 43.1 Å². The van der Waals surface area contributed by atoms with Crippen LogP contribution in [0.3, 0.4) is 0 Å². The van der Waals surface area contributed by atoms with E-state index in [0.29, 0.717) is 0 Å². The van der Waals surface area contributed by atoms with Crippen molar-refractivity contribution in [2.24, 2.45) is 11.7 Å². The normalized spacial score (nSPS) is 15.9. The number of nitrogens with two attached hydrogens (primary N) is 1. The second kappa shape index (κ2) is 4.23. The number of carbonyl (C=O) groups excluding carboxylic acids is 1. The molecule has 2 N–H and O–H groups in total. The molecule has 10 heavy (non-hydrogen) atoms. The molecule has 0 aliphatic heterocycles. The van der Waals surface area contributed by atoms with Gasteiger partial charge in [0.15, 0.2) is 5.78 Å². The van der Waals surface area contributed by atoms with Crippen molar-refractivity contribution in [2.45, 2.75) is 26.3 Å². The standard InChI is InChI=1S/C8H15NO/c1-4-6(3)8(9)7(10)5-2/h5-6,8H,2,4,9H2,1,3H3/t6-,8?/m0/s1. The number of hydrogen-bond donors (Lipinski definition) is 1. The third kappa shape index (κ3) is 2.31. The Labute approximate surface area is 62.1 Å². The molecule has 0 aromatic heterocycles. The van der Waals surface area contributed by atoms with Crippen molar-refractivity contribution < 1.29 is 4.79 Å². The molecule has 58 valence electrons. The van der Waals surface area contributed by atoms with Crippen molar-refractivity contribution in [1.82, 2.24) is 0 Å². The number of carbonyl (C=O) groups is 1. The van der Waals surface area contributed by atoms with Gasteiger partial charge in [-0.3, -0.25) is 4.79 Å². The van der Waals surface area contributed by atoms with Crippen LogP contribution in [0.5, 0.6) is 0 Å². The van der Waals surface area contributed by atoms with Crippen LogP contribution in [-0.2, 0) is 4.79 Å². The maximum absolute atomic E-state index is 10.9. The van der Waals surface area contributed by atoms with E-state index in [9.17, 15) is 4.79 Å². The smallest absolute Gasteiger partial charge is 0.172 e. The fourth-order valence-corrected chi connectivity index (χ4v) is 0.670. The van der Waals surface area contributed by atoms with Crippen LogP contribution < -0.4 is 5.73 Å². The Morgan fingerprint density at radius 2 is 2.30 bits per heavy atom. The van der Waals surface area contributed by atoms with Gasteiger partial charge in [-0.15, -0.1) is 0 Å². The van der Waals surface area contributed by atoms with Gasteiger partial charge in [0, 0.05) is 0 Å². The third-order valence-corrected chi connectivity index (χ3v) is 1.79. The highest BCUT2D eigenvalue weighted by molar-refractivity contribution is 5.93. The Balaban J connectivity index is 3.93. The molecule has 0 radical (unpaired) electrons. The third-order valence-electron chi connectivity index (χ3n) is 1.79. The number of ketones is 1. The molecule has 0 saturated carbocycles. The average molecular weight is 141 g/mol. The van der Waals surface area contributed by atoms with E-state index in [1.54, 1.807) is 0 Å². The summed E-state index contributed by atoms with van der Waals surface area (Å²) in [5.41, 5.74) is 5.56. The number of hydrogen-bond acceptors (Lipinski definition) is 2. The molecule has 2 nitrogen and oxygen atoms in total. The van der Waals surface area contributed by atoms with Crippen molar-refractivity contribution in [3.05, 3.63) is 12.7 Å². The van der Waals surface area contributed by atoms with Crippen LogP contribution in [0.15, 0.2) is 12.7 Å². The SMILES string of the molecule is C=CC(=O)C(N)[C@@H](C)CC. The maximum Gasteiger partial charge on any atom is 0.172 e. The highest BCUT2D eigenvalue weighted by Gasteiger charge is 2.15. The van der Waals surface area contributed by atoms with Gasteiger partial charge in [-0.1, -0.05) is 26.8 Å². The molecule has 0 aromatic carbocycles. The lowest BCUT2D eigenvalue weighted by molar-refractivity contribution is -0.116. The van der Waals surface area contributed by atoms with Crippen molar-refractivity contribution >= 4 is 5.78 Å². The fraction of sp³-hybridized carbons (Fsp3) is 0.625. The zero-order chi connectivity index (χ0) is 8.15. The predicted octanol–water partition coefficient (Wildman–Crippen LogP) is 1.11. The first kappa shape index (κ1) is 9.37. The van der Waals surface area contributed by atoms with Gasteiger partial charge >= 0.3 is 0 Å². The Bertz CT molecular complexity index is 131. The lowest BCUT2D eigenvalue weighted by Gasteiger charge is -2.14. The summed E-state index contributed by atoms with van der Waals surface area (Å²) in [5.74, 6) is 0.194.